The molecule has 5 heteroatoms. The fourth-order valence-corrected chi connectivity index (χ4v) is 12.5. The SMILES string of the molecule is c1ccc(N(c2cc(-c3ccc4c(c3)c3cc5ccc6c7ccccc7sc6c5cc3n4-c3ccccc3)cc(N(c3ccccc3)c3ccc4oc5ccccc5c4c3)c2)c2ccc3ccccc3c2)cc1. The Balaban J connectivity index is 0.997. The summed E-state index contributed by atoms with van der Waals surface area (Å²) in [7, 11) is 0. The molecule has 0 aliphatic carbocycles. The third-order valence-electron chi connectivity index (χ3n) is 14.6. The topological polar surface area (TPSA) is 24.6 Å². The van der Waals surface area contributed by atoms with Crippen LogP contribution in [-0.4, -0.2) is 4.57 Å². The highest BCUT2D eigenvalue weighted by Crippen LogP contribution is 2.47. The van der Waals surface area contributed by atoms with Crippen LogP contribution in [0.15, 0.2) is 265 Å². The van der Waals surface area contributed by atoms with E-state index in [1.165, 1.54) is 58.0 Å². The highest BCUT2D eigenvalue weighted by atomic mass is 32.1. The summed E-state index contributed by atoms with van der Waals surface area (Å²) in [6.07, 6.45) is 0. The molecule has 0 N–H and O–H groups in total. The van der Waals surface area contributed by atoms with E-state index in [4.69, 9.17) is 4.42 Å². The van der Waals surface area contributed by atoms with Gasteiger partial charge in [-0.1, -0.05) is 140 Å². The molecule has 0 aliphatic rings. The molecule has 4 nitrogen and oxygen atoms in total. The van der Waals surface area contributed by atoms with E-state index >= 15 is 0 Å². The molecule has 0 saturated carbocycles. The quantitative estimate of drug-likeness (QED) is 0.152. The monoisotopic (exact) mass is 949 g/mol. The van der Waals surface area contributed by atoms with Gasteiger partial charge >= 0.3 is 0 Å². The molecule has 0 fully saturated rings. The molecule has 0 bridgehead atoms. The predicted molar refractivity (Wildman–Crippen MR) is 311 cm³/mol. The number of nitrogens with zero attached hydrogens (tertiary/aromatic N) is 3. The molecule has 12 aromatic carbocycles. The first-order valence-corrected chi connectivity index (χ1v) is 25.6. The van der Waals surface area contributed by atoms with Crippen molar-refractivity contribution in [2.75, 3.05) is 9.80 Å². The number of hydrogen-bond acceptors (Lipinski definition) is 4. The van der Waals surface area contributed by atoms with Crippen molar-refractivity contribution in [3.05, 3.63) is 261 Å². The second-order valence-corrected chi connectivity index (χ2v) is 20.0. The Morgan fingerprint density at radius 1 is 0.301 bits per heavy atom. The lowest BCUT2D eigenvalue weighted by Crippen LogP contribution is -2.13. The molecule has 0 radical (unpaired) electrons. The van der Waals surface area contributed by atoms with Crippen LogP contribution in [0.2, 0.25) is 0 Å². The van der Waals surface area contributed by atoms with E-state index in [0.717, 1.165) is 78.4 Å². The van der Waals surface area contributed by atoms with E-state index in [1.54, 1.807) is 0 Å². The summed E-state index contributed by atoms with van der Waals surface area (Å²) < 4.78 is 11.5. The first-order chi connectivity index (χ1) is 36.2. The molecule has 0 atom stereocenters. The normalized spacial score (nSPS) is 11.8. The Morgan fingerprint density at radius 3 is 1.70 bits per heavy atom. The molecule has 0 amide bonds. The summed E-state index contributed by atoms with van der Waals surface area (Å²) in [5, 5.41) is 12.1. The molecular weight excluding hydrogens is 907 g/mol. The Kier molecular flexibility index (Phi) is 9.41. The van der Waals surface area contributed by atoms with Gasteiger partial charge in [0.1, 0.15) is 11.2 Å². The second-order valence-electron chi connectivity index (χ2n) is 18.9. The van der Waals surface area contributed by atoms with Gasteiger partial charge in [0.2, 0.25) is 0 Å². The Labute approximate surface area is 425 Å². The van der Waals surface area contributed by atoms with Crippen LogP contribution in [0.4, 0.5) is 34.1 Å². The molecular formula is C68H43N3OS. The van der Waals surface area contributed by atoms with Gasteiger partial charge in [-0.15, -0.1) is 11.3 Å². The maximum Gasteiger partial charge on any atom is 0.135 e. The van der Waals surface area contributed by atoms with E-state index < -0.39 is 0 Å². The van der Waals surface area contributed by atoms with Gasteiger partial charge in [-0.25, -0.2) is 0 Å². The van der Waals surface area contributed by atoms with Crippen molar-refractivity contribution in [3.8, 4) is 16.8 Å². The zero-order chi connectivity index (χ0) is 48.0. The number of thiophene rings is 1. The summed E-state index contributed by atoms with van der Waals surface area (Å²) in [6, 6.07) is 95.0. The summed E-state index contributed by atoms with van der Waals surface area (Å²) in [4.78, 5) is 4.79. The summed E-state index contributed by atoms with van der Waals surface area (Å²) >= 11 is 1.89. The third kappa shape index (κ3) is 6.81. The van der Waals surface area contributed by atoms with Gasteiger partial charge in [0, 0.05) is 86.9 Å². The zero-order valence-electron chi connectivity index (χ0n) is 39.5. The van der Waals surface area contributed by atoms with Crippen LogP contribution in [0.5, 0.6) is 0 Å². The van der Waals surface area contributed by atoms with Crippen molar-refractivity contribution in [2.24, 2.45) is 0 Å². The summed E-state index contributed by atoms with van der Waals surface area (Å²) in [5.41, 5.74) is 13.7. The average Bonchev–Trinajstić information content (AvgIpc) is 4.13. The third-order valence-corrected chi connectivity index (χ3v) is 15.9. The van der Waals surface area contributed by atoms with Crippen LogP contribution in [0.25, 0.3) is 102 Å². The first-order valence-electron chi connectivity index (χ1n) is 24.8. The second kappa shape index (κ2) is 16.6. The Morgan fingerprint density at radius 2 is 0.918 bits per heavy atom. The largest absolute Gasteiger partial charge is 0.456 e. The highest BCUT2D eigenvalue weighted by Gasteiger charge is 2.23. The van der Waals surface area contributed by atoms with Crippen molar-refractivity contribution >= 4 is 131 Å². The van der Waals surface area contributed by atoms with Gasteiger partial charge in [-0.2, -0.15) is 0 Å². The summed E-state index contributed by atoms with van der Waals surface area (Å²) in [5.74, 6) is 0. The molecule has 73 heavy (non-hydrogen) atoms. The van der Waals surface area contributed by atoms with E-state index in [9.17, 15) is 0 Å². The smallest absolute Gasteiger partial charge is 0.135 e. The van der Waals surface area contributed by atoms with Gasteiger partial charge in [0.05, 0.1) is 11.0 Å². The van der Waals surface area contributed by atoms with Gasteiger partial charge in [0.15, 0.2) is 0 Å². The number of rotatable bonds is 8. The van der Waals surface area contributed by atoms with Crippen LogP contribution in [-0.2, 0) is 0 Å². The molecule has 0 saturated heterocycles. The molecule has 0 unspecified atom stereocenters. The standard InChI is InChI=1S/C68H43N3OS/c1-4-18-49(19-5-1)69(52-31-28-44-16-10-11-17-45(44)36-52)54-37-48(38-55(41-54)70(50-20-6-2-7-21-50)53-32-35-66-62(42-53)56-24-12-14-26-65(56)72-66)46-30-34-63-60(39-46)61-40-47-29-33-58-57-25-13-15-27-67(57)73-68(58)59(47)43-64(61)71(63)51-22-8-3-9-23-51/h1-43H. The van der Waals surface area contributed by atoms with Crippen molar-refractivity contribution in [1.82, 2.24) is 4.57 Å². The lowest BCUT2D eigenvalue weighted by atomic mass is 9.99. The fourth-order valence-electron chi connectivity index (χ4n) is 11.3. The van der Waals surface area contributed by atoms with Crippen LogP contribution in [0, 0.1) is 0 Å². The van der Waals surface area contributed by atoms with E-state index in [1.807, 2.05) is 23.5 Å². The maximum absolute atomic E-state index is 6.38. The number of fused-ring (bicyclic) bond motifs is 12. The minimum atomic E-state index is 0.864. The van der Waals surface area contributed by atoms with Crippen LogP contribution in [0.3, 0.4) is 0 Å². The summed E-state index contributed by atoms with van der Waals surface area (Å²) in [6.45, 7) is 0. The maximum atomic E-state index is 6.38. The minimum Gasteiger partial charge on any atom is -0.456 e. The first kappa shape index (κ1) is 41.4. The Bertz CT molecular complexity index is 4630. The lowest BCUT2D eigenvalue weighted by Gasteiger charge is -2.30. The van der Waals surface area contributed by atoms with Gasteiger partial charge in [-0.3, -0.25) is 0 Å². The number of furan rings is 1. The van der Waals surface area contributed by atoms with Crippen LogP contribution in [0.1, 0.15) is 0 Å². The van der Waals surface area contributed by atoms with Crippen LogP contribution < -0.4 is 9.80 Å². The molecule has 3 aromatic heterocycles. The molecule has 15 aromatic rings. The molecule has 3 heterocycles. The number of anilines is 6. The van der Waals surface area contributed by atoms with E-state index in [-0.39, 0.29) is 0 Å². The van der Waals surface area contributed by atoms with Crippen molar-refractivity contribution in [3.63, 3.8) is 0 Å². The minimum absolute atomic E-state index is 0.864. The lowest BCUT2D eigenvalue weighted by molar-refractivity contribution is 0.669. The number of aromatic nitrogens is 1. The molecule has 0 aliphatic heterocycles. The highest BCUT2D eigenvalue weighted by molar-refractivity contribution is 7.26. The number of hydrogen-bond donors (Lipinski definition) is 0. The van der Waals surface area contributed by atoms with E-state index in [0.29, 0.717) is 0 Å². The van der Waals surface area contributed by atoms with Gasteiger partial charge in [-0.05, 0) is 149 Å². The fraction of sp³-hybridized carbons (Fsp3) is 0. The number of para-hydroxylation sites is 4. The number of benzene rings is 12. The van der Waals surface area contributed by atoms with Crippen molar-refractivity contribution in [2.45, 2.75) is 0 Å². The van der Waals surface area contributed by atoms with E-state index in [2.05, 4.69) is 263 Å². The predicted octanol–water partition coefficient (Wildman–Crippen LogP) is 20.0. The zero-order valence-corrected chi connectivity index (χ0v) is 40.3. The van der Waals surface area contributed by atoms with Crippen molar-refractivity contribution < 1.29 is 4.42 Å². The van der Waals surface area contributed by atoms with Gasteiger partial charge < -0.3 is 18.8 Å². The average molecular weight is 950 g/mol. The van der Waals surface area contributed by atoms with Gasteiger partial charge in [0.25, 0.3) is 0 Å². The molecule has 342 valence electrons. The molecule has 0 spiro atoms. The van der Waals surface area contributed by atoms with Crippen LogP contribution >= 0.6 is 11.3 Å². The Hall–Kier alpha value is -9.42. The molecule has 15 rings (SSSR count). The van der Waals surface area contributed by atoms with Crippen molar-refractivity contribution in [1.29, 1.82) is 0 Å².